The molecule has 0 atom stereocenters. The summed E-state index contributed by atoms with van der Waals surface area (Å²) in [5, 5.41) is 17.1. The molecular formula is C20H16N4. The highest BCUT2D eigenvalue weighted by Gasteiger charge is 2.23. The van der Waals surface area contributed by atoms with Gasteiger partial charge in [0.05, 0.1) is 11.9 Å². The van der Waals surface area contributed by atoms with Gasteiger partial charge in [-0.2, -0.15) is 5.10 Å². The van der Waals surface area contributed by atoms with Crippen molar-refractivity contribution in [1.29, 1.82) is 0 Å². The molecule has 2 heterocycles. The number of nitrogens with one attached hydrogen (secondary N) is 3. The first kappa shape index (κ1) is 13.2. The minimum atomic E-state index is -0.0283. The molecule has 116 valence electrons. The summed E-state index contributed by atoms with van der Waals surface area (Å²) >= 11 is 0. The van der Waals surface area contributed by atoms with Crippen molar-refractivity contribution >= 4 is 22.1 Å². The topological polar surface area (TPSA) is 52.7 Å². The highest BCUT2D eigenvalue weighted by atomic mass is 15.2. The van der Waals surface area contributed by atoms with Crippen molar-refractivity contribution in [3.8, 4) is 11.3 Å². The first-order valence-corrected chi connectivity index (χ1v) is 8.04. The molecule has 0 spiro atoms. The van der Waals surface area contributed by atoms with E-state index >= 15 is 0 Å². The van der Waals surface area contributed by atoms with E-state index in [2.05, 4.69) is 69.4 Å². The van der Waals surface area contributed by atoms with E-state index in [4.69, 9.17) is 0 Å². The van der Waals surface area contributed by atoms with Gasteiger partial charge in [-0.1, -0.05) is 54.6 Å². The Balaban J connectivity index is 1.60. The summed E-state index contributed by atoms with van der Waals surface area (Å²) in [6.45, 7) is 0. The van der Waals surface area contributed by atoms with Crippen LogP contribution in [0.4, 0.5) is 11.4 Å². The van der Waals surface area contributed by atoms with E-state index in [0.717, 1.165) is 28.2 Å². The summed E-state index contributed by atoms with van der Waals surface area (Å²) in [4.78, 5) is 0. The van der Waals surface area contributed by atoms with Crippen LogP contribution in [0.15, 0.2) is 72.9 Å². The molecule has 1 aromatic heterocycles. The van der Waals surface area contributed by atoms with Gasteiger partial charge in [0, 0.05) is 22.3 Å². The van der Waals surface area contributed by atoms with Crippen molar-refractivity contribution in [3.63, 3.8) is 0 Å². The Labute approximate surface area is 139 Å². The number of hydrogen-bond acceptors (Lipinski definition) is 3. The second-order valence-corrected chi connectivity index (χ2v) is 6.00. The third-order valence-electron chi connectivity index (χ3n) is 4.55. The van der Waals surface area contributed by atoms with Crippen molar-refractivity contribution in [2.45, 2.75) is 6.17 Å². The van der Waals surface area contributed by atoms with Crippen LogP contribution in [0.25, 0.3) is 22.0 Å². The number of aromatic amines is 1. The second kappa shape index (κ2) is 5.13. The van der Waals surface area contributed by atoms with Crippen molar-refractivity contribution in [3.05, 3.63) is 78.5 Å². The molecule has 0 amide bonds. The van der Waals surface area contributed by atoms with Crippen LogP contribution in [0.3, 0.4) is 0 Å². The maximum Gasteiger partial charge on any atom is 0.127 e. The average Bonchev–Trinajstić information content (AvgIpc) is 3.13. The Morgan fingerprint density at radius 1 is 0.750 bits per heavy atom. The lowest BCUT2D eigenvalue weighted by Gasteiger charge is -2.29. The van der Waals surface area contributed by atoms with Crippen LogP contribution in [-0.4, -0.2) is 10.2 Å². The predicted octanol–water partition coefficient (Wildman–Crippen LogP) is 4.77. The minimum absolute atomic E-state index is 0.0283. The van der Waals surface area contributed by atoms with Gasteiger partial charge in [0.15, 0.2) is 0 Å². The number of H-pyrrole nitrogens is 1. The number of nitrogens with zero attached hydrogens (tertiary/aromatic N) is 1. The molecule has 0 radical (unpaired) electrons. The smallest absolute Gasteiger partial charge is 0.127 e. The van der Waals surface area contributed by atoms with Gasteiger partial charge in [-0.05, 0) is 23.1 Å². The Morgan fingerprint density at radius 3 is 2.17 bits per heavy atom. The van der Waals surface area contributed by atoms with Gasteiger partial charge in [-0.15, -0.1) is 0 Å². The van der Waals surface area contributed by atoms with Crippen LogP contribution in [0, 0.1) is 0 Å². The molecule has 24 heavy (non-hydrogen) atoms. The highest BCUT2D eigenvalue weighted by molar-refractivity contribution is 6.04. The van der Waals surface area contributed by atoms with Crippen LogP contribution < -0.4 is 10.6 Å². The fourth-order valence-corrected chi connectivity index (χ4v) is 3.43. The van der Waals surface area contributed by atoms with Crippen LogP contribution in [-0.2, 0) is 0 Å². The lowest BCUT2D eigenvalue weighted by Crippen LogP contribution is -2.23. The fraction of sp³-hybridized carbons (Fsp3) is 0.0500. The summed E-state index contributed by atoms with van der Waals surface area (Å²) in [6, 6.07) is 23.0. The summed E-state index contributed by atoms with van der Waals surface area (Å²) in [5.74, 6) is 0. The summed E-state index contributed by atoms with van der Waals surface area (Å²) in [6.07, 6.45) is 1.86. The molecule has 1 aliphatic heterocycles. The average molecular weight is 312 g/mol. The molecule has 4 aromatic rings. The molecule has 0 fully saturated rings. The van der Waals surface area contributed by atoms with Crippen molar-refractivity contribution in [2.24, 2.45) is 0 Å². The van der Waals surface area contributed by atoms with Gasteiger partial charge in [0.2, 0.25) is 0 Å². The minimum Gasteiger partial charge on any atom is -0.361 e. The zero-order valence-corrected chi connectivity index (χ0v) is 13.0. The summed E-state index contributed by atoms with van der Waals surface area (Å²) in [7, 11) is 0. The van der Waals surface area contributed by atoms with E-state index in [9.17, 15) is 0 Å². The zero-order chi connectivity index (χ0) is 15.9. The van der Waals surface area contributed by atoms with Crippen molar-refractivity contribution in [1.82, 2.24) is 10.2 Å². The van der Waals surface area contributed by atoms with Crippen LogP contribution in [0.5, 0.6) is 0 Å². The monoisotopic (exact) mass is 312 g/mol. The summed E-state index contributed by atoms with van der Waals surface area (Å²) in [5.41, 5.74) is 5.56. The third kappa shape index (κ3) is 1.97. The highest BCUT2D eigenvalue weighted by Crippen LogP contribution is 2.39. The van der Waals surface area contributed by atoms with Gasteiger partial charge >= 0.3 is 0 Å². The van der Waals surface area contributed by atoms with Crippen LogP contribution in [0.1, 0.15) is 11.7 Å². The predicted molar refractivity (Wildman–Crippen MR) is 98.0 cm³/mol. The van der Waals surface area contributed by atoms with Crippen molar-refractivity contribution in [2.75, 3.05) is 10.6 Å². The van der Waals surface area contributed by atoms with Gasteiger partial charge < -0.3 is 10.6 Å². The van der Waals surface area contributed by atoms with Gasteiger partial charge in [-0.3, -0.25) is 5.10 Å². The van der Waals surface area contributed by atoms with E-state index in [0.29, 0.717) is 0 Å². The standard InChI is InChI=1S/C20H16N4/c1-2-6-14(7-3-1)19-15(12-21-24-19)20-22-16-10-4-8-13-9-5-11-17(23-20)18(13)16/h1-12,20,22-23H,(H,21,24). The van der Waals surface area contributed by atoms with E-state index in [1.54, 1.807) is 0 Å². The Kier molecular flexibility index (Phi) is 2.82. The molecule has 0 unspecified atom stereocenters. The quantitative estimate of drug-likeness (QED) is 0.500. The summed E-state index contributed by atoms with van der Waals surface area (Å²) < 4.78 is 0. The molecule has 0 aliphatic carbocycles. The lowest BCUT2D eigenvalue weighted by molar-refractivity contribution is 0.900. The Morgan fingerprint density at radius 2 is 1.46 bits per heavy atom. The lowest BCUT2D eigenvalue weighted by atomic mass is 10.0. The molecule has 5 rings (SSSR count). The normalized spacial score (nSPS) is 13.5. The molecular weight excluding hydrogens is 296 g/mol. The van der Waals surface area contributed by atoms with Gasteiger partial charge in [0.1, 0.15) is 6.17 Å². The molecule has 4 nitrogen and oxygen atoms in total. The molecule has 3 N–H and O–H groups in total. The number of aromatic nitrogens is 2. The number of rotatable bonds is 2. The van der Waals surface area contributed by atoms with Crippen LogP contribution in [0.2, 0.25) is 0 Å². The molecule has 0 bridgehead atoms. The van der Waals surface area contributed by atoms with E-state index in [1.807, 2.05) is 24.4 Å². The van der Waals surface area contributed by atoms with Gasteiger partial charge in [-0.25, -0.2) is 0 Å². The first-order chi connectivity index (χ1) is 11.9. The SMILES string of the molecule is c1ccc(-c2[nH]ncc2C2Nc3cccc4cccc(c34)N2)cc1. The zero-order valence-electron chi connectivity index (χ0n) is 13.0. The first-order valence-electron chi connectivity index (χ1n) is 8.04. The van der Waals surface area contributed by atoms with Crippen LogP contribution >= 0.6 is 0 Å². The largest absolute Gasteiger partial charge is 0.361 e. The fourth-order valence-electron chi connectivity index (χ4n) is 3.43. The molecule has 0 saturated heterocycles. The second-order valence-electron chi connectivity index (χ2n) is 6.00. The molecule has 3 aromatic carbocycles. The number of anilines is 2. The van der Waals surface area contributed by atoms with Crippen molar-refractivity contribution < 1.29 is 0 Å². The molecule has 4 heteroatoms. The third-order valence-corrected chi connectivity index (χ3v) is 4.55. The Hall–Kier alpha value is -3.27. The van der Waals surface area contributed by atoms with E-state index in [1.165, 1.54) is 10.8 Å². The molecule has 0 saturated carbocycles. The number of benzene rings is 3. The Bertz CT molecular complexity index is 979. The number of hydrogen-bond donors (Lipinski definition) is 3. The molecule has 1 aliphatic rings. The maximum absolute atomic E-state index is 4.27. The van der Waals surface area contributed by atoms with E-state index < -0.39 is 0 Å². The van der Waals surface area contributed by atoms with Gasteiger partial charge in [0.25, 0.3) is 0 Å². The maximum atomic E-state index is 4.27. The van der Waals surface area contributed by atoms with E-state index in [-0.39, 0.29) is 6.17 Å².